The number of aromatic nitrogens is 5. The summed E-state index contributed by atoms with van der Waals surface area (Å²) in [5.41, 5.74) is 0.600. The van der Waals surface area contributed by atoms with Gasteiger partial charge in [0.25, 0.3) is 5.91 Å². The second-order valence-corrected chi connectivity index (χ2v) is 9.20. The Morgan fingerprint density at radius 2 is 1.66 bits per heavy atom. The first-order valence-electron chi connectivity index (χ1n) is 11.8. The summed E-state index contributed by atoms with van der Waals surface area (Å²) in [6, 6.07) is 22.7. The van der Waals surface area contributed by atoms with E-state index in [1.165, 1.54) is 10.7 Å². The number of amides is 2. The monoisotopic (exact) mass is 513 g/mol. The fourth-order valence-electron chi connectivity index (χ4n) is 3.39. The molecular weight excluding hydrogens is 486 g/mol. The lowest BCUT2D eigenvalue weighted by atomic mass is 10.2. The van der Waals surface area contributed by atoms with E-state index >= 15 is 0 Å². The zero-order valence-electron chi connectivity index (χ0n) is 21.4. The number of pyridine rings is 1. The van der Waals surface area contributed by atoms with Crippen LogP contribution in [-0.4, -0.2) is 49.0 Å². The first-order valence-corrected chi connectivity index (χ1v) is 11.8. The van der Waals surface area contributed by atoms with Gasteiger partial charge in [-0.1, -0.05) is 59.8 Å². The number of tetrazole rings is 1. The normalized spacial score (nSPS) is 12.2. The van der Waals surface area contributed by atoms with E-state index in [0.717, 1.165) is 10.5 Å². The Balaban J connectivity index is 1.73. The summed E-state index contributed by atoms with van der Waals surface area (Å²) in [6.45, 7) is 5.15. The zero-order valence-corrected chi connectivity index (χ0v) is 21.4. The molecule has 4 rings (SSSR count). The van der Waals surface area contributed by atoms with Gasteiger partial charge in [-0.3, -0.25) is 4.79 Å². The highest BCUT2D eigenvalue weighted by Gasteiger charge is 2.32. The summed E-state index contributed by atoms with van der Waals surface area (Å²) in [4.78, 5) is 38.0. The Hall–Kier alpha value is -4.93. The average molecular weight is 514 g/mol. The third-order valence-electron chi connectivity index (χ3n) is 5.11. The lowest BCUT2D eigenvalue weighted by Gasteiger charge is -2.26. The molecule has 0 radical (unpaired) electrons. The van der Waals surface area contributed by atoms with Crippen molar-refractivity contribution < 1.29 is 19.2 Å². The van der Waals surface area contributed by atoms with Crippen LogP contribution in [-0.2, 0) is 16.6 Å². The van der Waals surface area contributed by atoms with Crippen LogP contribution in [0.1, 0.15) is 54.3 Å². The van der Waals surface area contributed by atoms with Gasteiger partial charge in [0.2, 0.25) is 11.9 Å². The number of rotatable bonds is 7. The largest absolute Gasteiger partial charge is 0.443 e. The fraction of sp³-hybridized carbons (Fsp3) is 0.222. The smallest absolute Gasteiger partial charge is 0.423 e. The standard InChI is InChI=1S/C27H27N7O4/c1-27(2,3)37-26(36)34(25(35)20-14-9-6-10-15-20)22-17-11-16-21(29-22)23(24-30-31-32-33(24)4)38-28-18-19-12-7-5-8-13-19/h5-18,23H,1-4H3/b28-18-. The molecule has 0 saturated heterocycles. The van der Waals surface area contributed by atoms with Gasteiger partial charge in [-0.15, -0.1) is 5.10 Å². The molecule has 1 atom stereocenters. The second-order valence-electron chi connectivity index (χ2n) is 9.20. The number of anilines is 1. The van der Waals surface area contributed by atoms with E-state index in [-0.39, 0.29) is 5.82 Å². The molecule has 2 heterocycles. The Morgan fingerprint density at radius 3 is 2.29 bits per heavy atom. The van der Waals surface area contributed by atoms with Crippen molar-refractivity contribution in [1.29, 1.82) is 0 Å². The summed E-state index contributed by atoms with van der Waals surface area (Å²) >= 11 is 0. The highest BCUT2D eigenvalue weighted by atomic mass is 16.6. The Kier molecular flexibility index (Phi) is 7.86. The van der Waals surface area contributed by atoms with Crippen LogP contribution < -0.4 is 4.90 Å². The first kappa shape index (κ1) is 26.1. The highest BCUT2D eigenvalue weighted by Crippen LogP contribution is 2.26. The minimum atomic E-state index is -0.942. The molecule has 0 saturated carbocycles. The van der Waals surface area contributed by atoms with Gasteiger partial charge in [0, 0.05) is 12.6 Å². The van der Waals surface area contributed by atoms with E-state index < -0.39 is 23.7 Å². The molecule has 11 nitrogen and oxygen atoms in total. The number of ether oxygens (including phenoxy) is 1. The quantitative estimate of drug-likeness (QED) is 0.264. The van der Waals surface area contributed by atoms with Gasteiger partial charge in [0.1, 0.15) is 11.4 Å². The molecule has 194 valence electrons. The first-order chi connectivity index (χ1) is 18.2. The Bertz CT molecular complexity index is 1420. The molecule has 1 unspecified atom stereocenters. The molecule has 0 aliphatic carbocycles. The van der Waals surface area contributed by atoms with Crippen LogP contribution in [0.2, 0.25) is 0 Å². The molecule has 2 aromatic carbocycles. The maximum atomic E-state index is 13.5. The van der Waals surface area contributed by atoms with Gasteiger partial charge in [-0.05, 0) is 61.0 Å². The third-order valence-corrected chi connectivity index (χ3v) is 5.11. The van der Waals surface area contributed by atoms with Crippen LogP contribution >= 0.6 is 0 Å². The molecule has 0 aliphatic rings. The number of hydrogen-bond acceptors (Lipinski definition) is 9. The number of aryl methyl sites for hydroxylation is 1. The molecule has 2 amide bonds. The topological polar surface area (TPSA) is 125 Å². The summed E-state index contributed by atoms with van der Waals surface area (Å²) < 4.78 is 6.97. The summed E-state index contributed by atoms with van der Waals surface area (Å²) in [5.74, 6) is -0.233. The van der Waals surface area contributed by atoms with Crippen LogP contribution in [0.25, 0.3) is 0 Å². The van der Waals surface area contributed by atoms with Crippen LogP contribution in [0.5, 0.6) is 0 Å². The van der Waals surface area contributed by atoms with Crippen molar-refractivity contribution >= 4 is 24.0 Å². The van der Waals surface area contributed by atoms with Crippen molar-refractivity contribution in [2.24, 2.45) is 12.2 Å². The lowest BCUT2D eigenvalue weighted by molar-refractivity contribution is 0.0561. The lowest BCUT2D eigenvalue weighted by Crippen LogP contribution is -2.41. The second kappa shape index (κ2) is 11.4. The number of nitrogens with zero attached hydrogens (tertiary/aromatic N) is 7. The van der Waals surface area contributed by atoms with Crippen molar-refractivity contribution in [3.05, 3.63) is 102 Å². The van der Waals surface area contributed by atoms with E-state index in [9.17, 15) is 9.59 Å². The van der Waals surface area contributed by atoms with Crippen molar-refractivity contribution in [2.45, 2.75) is 32.5 Å². The molecule has 11 heteroatoms. The molecule has 38 heavy (non-hydrogen) atoms. The van der Waals surface area contributed by atoms with Crippen LogP contribution in [0.15, 0.2) is 84.0 Å². The number of hydrogen-bond donors (Lipinski definition) is 0. The van der Waals surface area contributed by atoms with Crippen LogP contribution in [0.3, 0.4) is 0 Å². The van der Waals surface area contributed by atoms with Gasteiger partial charge in [0.15, 0.2) is 0 Å². The molecule has 0 N–H and O–H groups in total. The maximum absolute atomic E-state index is 13.5. The number of oxime groups is 1. The minimum absolute atomic E-state index is 0.0429. The zero-order chi connectivity index (χ0) is 27.1. The van der Waals surface area contributed by atoms with Gasteiger partial charge in [0.05, 0.1) is 11.9 Å². The van der Waals surface area contributed by atoms with E-state index in [1.54, 1.807) is 76.5 Å². The van der Waals surface area contributed by atoms with Gasteiger partial charge in [-0.2, -0.15) is 4.90 Å². The summed E-state index contributed by atoms with van der Waals surface area (Å²) in [6.07, 6.45) is -0.259. The Morgan fingerprint density at radius 1 is 0.974 bits per heavy atom. The van der Waals surface area contributed by atoms with Crippen molar-refractivity contribution in [3.8, 4) is 0 Å². The molecule has 0 bridgehead atoms. The molecule has 0 fully saturated rings. The minimum Gasteiger partial charge on any atom is -0.443 e. The molecule has 2 aromatic heterocycles. The predicted molar refractivity (Wildman–Crippen MR) is 139 cm³/mol. The summed E-state index contributed by atoms with van der Waals surface area (Å²) in [7, 11) is 1.66. The van der Waals surface area contributed by atoms with Crippen molar-refractivity contribution in [1.82, 2.24) is 25.2 Å². The van der Waals surface area contributed by atoms with E-state index in [0.29, 0.717) is 17.1 Å². The number of carbonyl (C=O) groups is 2. The highest BCUT2D eigenvalue weighted by molar-refractivity contribution is 6.18. The number of carbonyl (C=O) groups excluding carboxylic acids is 2. The average Bonchev–Trinajstić information content (AvgIpc) is 3.32. The molecular formula is C27H27N7O4. The summed E-state index contributed by atoms with van der Waals surface area (Å²) in [5, 5.41) is 15.7. The van der Waals surface area contributed by atoms with E-state index in [4.69, 9.17) is 9.57 Å². The number of benzene rings is 2. The molecule has 0 spiro atoms. The third kappa shape index (κ3) is 6.44. The Labute approximate surface area is 219 Å². The molecule has 0 aliphatic heterocycles. The molecule has 4 aromatic rings. The van der Waals surface area contributed by atoms with Crippen LogP contribution in [0, 0.1) is 0 Å². The van der Waals surface area contributed by atoms with Gasteiger partial charge in [-0.25, -0.2) is 14.5 Å². The van der Waals surface area contributed by atoms with E-state index in [2.05, 4.69) is 25.7 Å². The fourth-order valence-corrected chi connectivity index (χ4v) is 3.39. The number of imide groups is 1. The van der Waals surface area contributed by atoms with Gasteiger partial charge < -0.3 is 9.57 Å². The van der Waals surface area contributed by atoms with E-state index in [1.807, 2.05) is 30.3 Å². The van der Waals surface area contributed by atoms with Gasteiger partial charge >= 0.3 is 6.09 Å². The predicted octanol–water partition coefficient (Wildman–Crippen LogP) is 4.33. The van der Waals surface area contributed by atoms with Crippen LogP contribution in [0.4, 0.5) is 10.6 Å². The van der Waals surface area contributed by atoms with Crippen molar-refractivity contribution in [3.63, 3.8) is 0 Å². The SMILES string of the molecule is Cn1nnnc1C(O/N=C\c1ccccc1)c1cccc(N(C(=O)OC(C)(C)C)C(=O)c2ccccc2)n1. The maximum Gasteiger partial charge on any atom is 0.423 e. The van der Waals surface area contributed by atoms with Crippen molar-refractivity contribution in [2.75, 3.05) is 4.90 Å².